The van der Waals surface area contributed by atoms with Crippen LogP contribution in [0.5, 0.6) is 0 Å². The Labute approximate surface area is 113 Å². The highest BCUT2D eigenvalue weighted by molar-refractivity contribution is 7.98. The zero-order valence-corrected chi connectivity index (χ0v) is 13.6. The molecule has 0 aromatic carbocycles. The lowest BCUT2D eigenvalue weighted by Gasteiger charge is -2.27. The van der Waals surface area contributed by atoms with Gasteiger partial charge in [0.2, 0.25) is 0 Å². The first-order chi connectivity index (χ1) is 7.78. The number of thioether (sulfide) groups is 1. The third-order valence-electron chi connectivity index (χ3n) is 3.69. The van der Waals surface area contributed by atoms with Crippen molar-refractivity contribution in [2.45, 2.75) is 66.3 Å². The lowest BCUT2D eigenvalue weighted by Crippen LogP contribution is -2.24. The smallest absolute Gasteiger partial charge is 0.00361 e. The molecule has 0 aliphatic heterocycles. The van der Waals surface area contributed by atoms with Crippen molar-refractivity contribution in [2.24, 2.45) is 23.0 Å². The van der Waals surface area contributed by atoms with Gasteiger partial charge in [0, 0.05) is 6.04 Å². The van der Waals surface area contributed by atoms with Gasteiger partial charge in [0.15, 0.2) is 0 Å². The summed E-state index contributed by atoms with van der Waals surface area (Å²) in [7, 11) is 0. The Bertz CT molecular complexity index is 189. The molecule has 2 heteroatoms. The normalized spacial score (nSPS) is 17.8. The van der Waals surface area contributed by atoms with Crippen LogP contribution in [0.4, 0.5) is 0 Å². The summed E-state index contributed by atoms with van der Waals surface area (Å²) in [6.07, 6.45) is 7.52. The van der Waals surface area contributed by atoms with Gasteiger partial charge >= 0.3 is 0 Å². The van der Waals surface area contributed by atoms with E-state index in [1.165, 1.54) is 31.4 Å². The quantitative estimate of drug-likeness (QED) is 0.657. The number of nitrogens with two attached hydrogens (primary N) is 1. The summed E-state index contributed by atoms with van der Waals surface area (Å²) in [5.41, 5.74) is 6.38. The predicted octanol–water partition coefficient (Wildman–Crippen LogP) is 4.56. The highest BCUT2D eigenvalue weighted by Gasteiger charge is 2.20. The van der Waals surface area contributed by atoms with Crippen LogP contribution in [0.3, 0.4) is 0 Å². The average molecular weight is 260 g/mol. The van der Waals surface area contributed by atoms with Crippen LogP contribution in [-0.2, 0) is 0 Å². The maximum Gasteiger partial charge on any atom is 0.00361 e. The maximum atomic E-state index is 5.89. The Morgan fingerprint density at radius 1 is 1.12 bits per heavy atom. The molecular weight excluding hydrogens is 226 g/mol. The molecule has 0 heterocycles. The molecule has 0 saturated heterocycles. The minimum atomic E-state index is 0.346. The lowest BCUT2D eigenvalue weighted by molar-refractivity contribution is 0.291. The van der Waals surface area contributed by atoms with Gasteiger partial charge in [-0.2, -0.15) is 11.8 Å². The highest BCUT2D eigenvalue weighted by Crippen LogP contribution is 2.31. The molecule has 1 nitrogen and oxygen atoms in total. The summed E-state index contributed by atoms with van der Waals surface area (Å²) >= 11 is 1.97. The van der Waals surface area contributed by atoms with E-state index in [2.05, 4.69) is 40.9 Å². The predicted molar refractivity (Wildman–Crippen MR) is 82.6 cm³/mol. The number of hydrogen-bond acceptors (Lipinski definition) is 2. The zero-order chi connectivity index (χ0) is 13.5. The summed E-state index contributed by atoms with van der Waals surface area (Å²) in [4.78, 5) is 0. The fraction of sp³-hybridized carbons (Fsp3) is 1.00. The van der Waals surface area contributed by atoms with Gasteiger partial charge in [-0.25, -0.2) is 0 Å². The van der Waals surface area contributed by atoms with E-state index in [1.54, 1.807) is 0 Å². The first-order valence-electron chi connectivity index (χ1n) is 7.03. The molecule has 0 amide bonds. The minimum Gasteiger partial charge on any atom is -0.328 e. The Morgan fingerprint density at radius 3 is 2.18 bits per heavy atom. The van der Waals surface area contributed by atoms with E-state index in [1.807, 2.05) is 11.8 Å². The largest absolute Gasteiger partial charge is 0.328 e. The van der Waals surface area contributed by atoms with Crippen LogP contribution in [0.1, 0.15) is 60.3 Å². The monoisotopic (exact) mass is 259 g/mol. The molecule has 3 unspecified atom stereocenters. The van der Waals surface area contributed by atoms with Gasteiger partial charge < -0.3 is 5.73 Å². The summed E-state index contributed by atoms with van der Waals surface area (Å²) in [6.45, 7) is 11.6. The molecule has 104 valence electrons. The second-order valence-electron chi connectivity index (χ2n) is 6.67. The van der Waals surface area contributed by atoms with Crippen LogP contribution >= 0.6 is 11.8 Å². The summed E-state index contributed by atoms with van der Waals surface area (Å²) < 4.78 is 0. The number of rotatable bonds is 9. The van der Waals surface area contributed by atoms with Gasteiger partial charge in [0.1, 0.15) is 0 Å². The Kier molecular flexibility index (Phi) is 8.57. The van der Waals surface area contributed by atoms with E-state index in [-0.39, 0.29) is 0 Å². The van der Waals surface area contributed by atoms with Crippen molar-refractivity contribution in [3.63, 3.8) is 0 Å². The first-order valence-corrected chi connectivity index (χ1v) is 8.42. The molecule has 3 atom stereocenters. The molecule has 0 aromatic heterocycles. The van der Waals surface area contributed by atoms with Crippen LogP contribution in [0.2, 0.25) is 0 Å². The molecule has 0 rings (SSSR count). The van der Waals surface area contributed by atoms with Crippen LogP contribution in [0.25, 0.3) is 0 Å². The van der Waals surface area contributed by atoms with Crippen LogP contribution in [-0.4, -0.2) is 18.1 Å². The first kappa shape index (κ1) is 17.3. The van der Waals surface area contributed by atoms with Crippen molar-refractivity contribution in [3.05, 3.63) is 0 Å². The van der Waals surface area contributed by atoms with E-state index in [9.17, 15) is 0 Å². The van der Waals surface area contributed by atoms with Crippen LogP contribution < -0.4 is 5.73 Å². The van der Waals surface area contributed by atoms with Crippen molar-refractivity contribution in [1.82, 2.24) is 0 Å². The standard InChI is InChI=1S/C15H33NS/c1-12(10-15(4,5)11-17-6)8-7-9-13(2)14(3)16/h12-14H,7-11,16H2,1-6H3. The SMILES string of the molecule is CSCC(C)(C)CC(C)CCCC(C)C(C)N. The zero-order valence-electron chi connectivity index (χ0n) is 12.8. The fourth-order valence-electron chi connectivity index (χ4n) is 2.55. The molecule has 0 aliphatic carbocycles. The molecule has 0 spiro atoms. The van der Waals surface area contributed by atoms with Crippen molar-refractivity contribution >= 4 is 11.8 Å². The molecule has 0 aromatic rings. The molecule has 0 fully saturated rings. The van der Waals surface area contributed by atoms with Crippen LogP contribution in [0.15, 0.2) is 0 Å². The molecule has 17 heavy (non-hydrogen) atoms. The minimum absolute atomic E-state index is 0.346. The van der Waals surface area contributed by atoms with Crippen molar-refractivity contribution in [1.29, 1.82) is 0 Å². The summed E-state index contributed by atoms with van der Waals surface area (Å²) in [6, 6.07) is 0.346. The van der Waals surface area contributed by atoms with Gasteiger partial charge in [-0.3, -0.25) is 0 Å². The summed E-state index contributed by atoms with van der Waals surface area (Å²) in [5, 5.41) is 0. The second kappa shape index (κ2) is 8.42. The molecule has 2 N–H and O–H groups in total. The van der Waals surface area contributed by atoms with Crippen molar-refractivity contribution in [2.75, 3.05) is 12.0 Å². The van der Waals surface area contributed by atoms with Gasteiger partial charge in [-0.15, -0.1) is 0 Å². The lowest BCUT2D eigenvalue weighted by atomic mass is 9.82. The summed E-state index contributed by atoms with van der Waals surface area (Å²) in [5.74, 6) is 2.78. The fourth-order valence-corrected chi connectivity index (χ4v) is 3.45. The van der Waals surface area contributed by atoms with Gasteiger partial charge in [0.05, 0.1) is 0 Å². The third kappa shape index (κ3) is 8.96. The third-order valence-corrected chi connectivity index (χ3v) is 4.76. The molecule has 0 bridgehead atoms. The van der Waals surface area contributed by atoms with E-state index in [0.717, 1.165) is 5.92 Å². The number of hydrogen-bond donors (Lipinski definition) is 1. The average Bonchev–Trinajstić information content (AvgIpc) is 2.15. The van der Waals surface area contributed by atoms with E-state index in [4.69, 9.17) is 5.73 Å². The van der Waals surface area contributed by atoms with Crippen molar-refractivity contribution in [3.8, 4) is 0 Å². The van der Waals surface area contributed by atoms with Gasteiger partial charge in [-0.1, -0.05) is 40.5 Å². The molecule has 0 saturated carbocycles. The molecule has 0 radical (unpaired) electrons. The van der Waals surface area contributed by atoms with E-state index < -0.39 is 0 Å². The van der Waals surface area contributed by atoms with Gasteiger partial charge in [0.25, 0.3) is 0 Å². The maximum absolute atomic E-state index is 5.89. The molecular formula is C15H33NS. The topological polar surface area (TPSA) is 26.0 Å². The second-order valence-corrected chi connectivity index (χ2v) is 7.54. The van der Waals surface area contributed by atoms with E-state index in [0.29, 0.717) is 17.4 Å². The van der Waals surface area contributed by atoms with Gasteiger partial charge in [-0.05, 0) is 49.0 Å². The molecule has 0 aliphatic rings. The Balaban J connectivity index is 3.76. The van der Waals surface area contributed by atoms with Crippen molar-refractivity contribution < 1.29 is 0 Å². The van der Waals surface area contributed by atoms with Crippen LogP contribution in [0, 0.1) is 17.3 Å². The Hall–Kier alpha value is 0.310. The Morgan fingerprint density at radius 2 is 1.71 bits per heavy atom. The highest BCUT2D eigenvalue weighted by atomic mass is 32.2. The van der Waals surface area contributed by atoms with E-state index >= 15 is 0 Å².